The van der Waals surface area contributed by atoms with Gasteiger partial charge in [0, 0.05) is 25.0 Å². The Morgan fingerprint density at radius 2 is 2.00 bits per heavy atom. The molecule has 1 aliphatic heterocycles. The van der Waals surface area contributed by atoms with Gasteiger partial charge in [0.25, 0.3) is 0 Å². The standard InChI is InChI=1S/C11H17N3O2S/c1-10-9-11(5-6-12-10)13-17(15,16)14-7-3-2-4-8-14/h5-6,9H,2-4,7-8H2,1H3,(H,12,13). The molecular weight excluding hydrogens is 238 g/mol. The minimum atomic E-state index is -3.40. The van der Waals surface area contributed by atoms with E-state index < -0.39 is 10.2 Å². The topological polar surface area (TPSA) is 62.3 Å². The largest absolute Gasteiger partial charge is 0.301 e. The Balaban J connectivity index is 2.11. The molecule has 1 aromatic rings. The molecule has 0 spiro atoms. The zero-order valence-corrected chi connectivity index (χ0v) is 10.7. The van der Waals surface area contributed by atoms with Gasteiger partial charge in [0.2, 0.25) is 0 Å². The summed E-state index contributed by atoms with van der Waals surface area (Å²) in [6.07, 6.45) is 4.59. The maximum absolute atomic E-state index is 12.1. The molecule has 2 heterocycles. The van der Waals surface area contributed by atoms with Gasteiger partial charge >= 0.3 is 10.2 Å². The van der Waals surface area contributed by atoms with Crippen molar-refractivity contribution in [1.82, 2.24) is 9.29 Å². The fourth-order valence-corrected chi connectivity index (χ4v) is 3.22. The van der Waals surface area contributed by atoms with Crippen molar-refractivity contribution < 1.29 is 8.42 Å². The van der Waals surface area contributed by atoms with E-state index >= 15 is 0 Å². The molecule has 2 rings (SSSR count). The second-order valence-electron chi connectivity index (χ2n) is 4.25. The van der Waals surface area contributed by atoms with Crippen molar-refractivity contribution in [3.05, 3.63) is 24.0 Å². The average molecular weight is 255 g/mol. The molecule has 0 amide bonds. The summed E-state index contributed by atoms with van der Waals surface area (Å²) in [6.45, 7) is 3.05. The van der Waals surface area contributed by atoms with Gasteiger partial charge in [-0.05, 0) is 31.9 Å². The molecule has 0 unspecified atom stereocenters. The van der Waals surface area contributed by atoms with Crippen LogP contribution in [0.15, 0.2) is 18.3 Å². The first kappa shape index (κ1) is 12.3. The first-order chi connectivity index (χ1) is 8.08. The van der Waals surface area contributed by atoms with Crippen LogP contribution in [0.3, 0.4) is 0 Å². The summed E-state index contributed by atoms with van der Waals surface area (Å²) in [5.74, 6) is 0. The Bertz CT molecular complexity index is 481. The molecule has 1 N–H and O–H groups in total. The molecule has 0 aromatic carbocycles. The summed E-state index contributed by atoms with van der Waals surface area (Å²) in [5.41, 5.74) is 1.37. The summed E-state index contributed by atoms with van der Waals surface area (Å²) >= 11 is 0. The van der Waals surface area contributed by atoms with Crippen LogP contribution in [0.2, 0.25) is 0 Å². The number of anilines is 1. The smallest absolute Gasteiger partial charge is 0.271 e. The highest BCUT2D eigenvalue weighted by atomic mass is 32.2. The van der Waals surface area contributed by atoms with E-state index in [2.05, 4.69) is 9.71 Å². The Labute approximate surface area is 102 Å². The van der Waals surface area contributed by atoms with Crippen molar-refractivity contribution in [3.8, 4) is 0 Å². The third kappa shape index (κ3) is 3.17. The van der Waals surface area contributed by atoms with Crippen LogP contribution in [0.25, 0.3) is 0 Å². The van der Waals surface area contributed by atoms with Crippen molar-refractivity contribution in [2.75, 3.05) is 17.8 Å². The van der Waals surface area contributed by atoms with Crippen LogP contribution in [-0.2, 0) is 10.2 Å². The lowest BCUT2D eigenvalue weighted by Crippen LogP contribution is -2.39. The second kappa shape index (κ2) is 5.01. The van der Waals surface area contributed by atoms with Crippen molar-refractivity contribution in [1.29, 1.82) is 0 Å². The Morgan fingerprint density at radius 3 is 2.65 bits per heavy atom. The zero-order valence-electron chi connectivity index (χ0n) is 9.89. The van der Waals surface area contributed by atoms with Crippen LogP contribution in [0.1, 0.15) is 25.0 Å². The molecule has 1 saturated heterocycles. The summed E-state index contributed by atoms with van der Waals surface area (Å²) in [6, 6.07) is 3.38. The molecule has 1 aliphatic rings. The fraction of sp³-hybridized carbons (Fsp3) is 0.545. The van der Waals surface area contributed by atoms with E-state index in [9.17, 15) is 8.42 Å². The van der Waals surface area contributed by atoms with Crippen LogP contribution in [0, 0.1) is 6.92 Å². The zero-order chi connectivity index (χ0) is 12.3. The number of rotatable bonds is 3. The number of nitrogens with one attached hydrogen (secondary N) is 1. The molecule has 0 aliphatic carbocycles. The maximum Gasteiger partial charge on any atom is 0.301 e. The lowest BCUT2D eigenvalue weighted by Gasteiger charge is -2.26. The number of hydrogen-bond acceptors (Lipinski definition) is 3. The Morgan fingerprint density at radius 1 is 1.29 bits per heavy atom. The molecule has 94 valence electrons. The van der Waals surface area contributed by atoms with E-state index in [1.165, 1.54) is 4.31 Å². The molecule has 17 heavy (non-hydrogen) atoms. The van der Waals surface area contributed by atoms with E-state index in [0.717, 1.165) is 25.0 Å². The lowest BCUT2D eigenvalue weighted by atomic mass is 10.2. The van der Waals surface area contributed by atoms with Crippen LogP contribution in [0.5, 0.6) is 0 Å². The summed E-state index contributed by atoms with van der Waals surface area (Å²) < 4.78 is 28.2. The van der Waals surface area contributed by atoms with Gasteiger partial charge in [-0.3, -0.25) is 9.71 Å². The van der Waals surface area contributed by atoms with Gasteiger partial charge in [0.15, 0.2) is 0 Å². The van der Waals surface area contributed by atoms with Gasteiger partial charge < -0.3 is 0 Å². The molecule has 0 atom stereocenters. The van der Waals surface area contributed by atoms with E-state index in [1.54, 1.807) is 18.3 Å². The highest BCUT2D eigenvalue weighted by molar-refractivity contribution is 7.90. The van der Waals surface area contributed by atoms with Gasteiger partial charge in [0.05, 0.1) is 5.69 Å². The minimum Gasteiger partial charge on any atom is -0.271 e. The van der Waals surface area contributed by atoms with Crippen LogP contribution in [0.4, 0.5) is 5.69 Å². The van der Waals surface area contributed by atoms with Crippen molar-refractivity contribution in [2.24, 2.45) is 0 Å². The first-order valence-corrected chi connectivity index (χ1v) is 7.22. The van der Waals surface area contributed by atoms with Crippen molar-refractivity contribution in [3.63, 3.8) is 0 Å². The van der Waals surface area contributed by atoms with Gasteiger partial charge in [-0.1, -0.05) is 6.42 Å². The van der Waals surface area contributed by atoms with Crippen molar-refractivity contribution in [2.45, 2.75) is 26.2 Å². The number of nitrogens with zero attached hydrogens (tertiary/aromatic N) is 2. The Kier molecular flexibility index (Phi) is 3.63. The third-order valence-electron chi connectivity index (χ3n) is 2.80. The normalized spacial score (nSPS) is 17.9. The SMILES string of the molecule is Cc1cc(NS(=O)(=O)N2CCCCC2)ccn1. The summed E-state index contributed by atoms with van der Waals surface area (Å²) in [7, 11) is -3.40. The van der Waals surface area contributed by atoms with E-state index in [4.69, 9.17) is 0 Å². The molecular formula is C11H17N3O2S. The van der Waals surface area contributed by atoms with Crippen LogP contribution < -0.4 is 4.72 Å². The second-order valence-corrected chi connectivity index (χ2v) is 5.92. The number of aryl methyl sites for hydroxylation is 1. The first-order valence-electron chi connectivity index (χ1n) is 5.78. The van der Waals surface area contributed by atoms with Gasteiger partial charge in [0.1, 0.15) is 0 Å². The van der Waals surface area contributed by atoms with Crippen molar-refractivity contribution >= 4 is 15.9 Å². The third-order valence-corrected chi connectivity index (χ3v) is 4.34. The average Bonchev–Trinajstić information content (AvgIpc) is 2.29. The molecule has 1 fully saturated rings. The monoisotopic (exact) mass is 255 g/mol. The lowest BCUT2D eigenvalue weighted by molar-refractivity contribution is 0.349. The van der Waals surface area contributed by atoms with Crippen LogP contribution in [-0.4, -0.2) is 30.8 Å². The number of aromatic nitrogens is 1. The molecule has 0 radical (unpaired) electrons. The number of piperidine rings is 1. The molecule has 0 bridgehead atoms. The van der Waals surface area contributed by atoms with Crippen LogP contribution >= 0.6 is 0 Å². The maximum atomic E-state index is 12.1. The van der Waals surface area contributed by atoms with E-state index in [0.29, 0.717) is 18.8 Å². The van der Waals surface area contributed by atoms with Gasteiger partial charge in [-0.2, -0.15) is 12.7 Å². The van der Waals surface area contributed by atoms with Gasteiger partial charge in [-0.15, -0.1) is 0 Å². The Hall–Kier alpha value is -1.14. The van der Waals surface area contributed by atoms with Gasteiger partial charge in [-0.25, -0.2) is 0 Å². The highest BCUT2D eigenvalue weighted by Crippen LogP contribution is 2.16. The fourth-order valence-electron chi connectivity index (χ4n) is 1.93. The predicted octanol–water partition coefficient (Wildman–Crippen LogP) is 1.53. The molecule has 0 saturated carbocycles. The minimum absolute atomic E-state index is 0.572. The molecule has 6 heteroatoms. The number of hydrogen-bond donors (Lipinski definition) is 1. The molecule has 5 nitrogen and oxygen atoms in total. The number of pyridine rings is 1. The quantitative estimate of drug-likeness (QED) is 0.891. The van der Waals surface area contributed by atoms with E-state index in [1.807, 2.05) is 6.92 Å². The highest BCUT2D eigenvalue weighted by Gasteiger charge is 2.23. The molecule has 1 aromatic heterocycles. The van der Waals surface area contributed by atoms with E-state index in [-0.39, 0.29) is 0 Å². The summed E-state index contributed by atoms with van der Waals surface area (Å²) in [5, 5.41) is 0. The predicted molar refractivity (Wildman–Crippen MR) is 66.9 cm³/mol. The summed E-state index contributed by atoms with van der Waals surface area (Å²) in [4.78, 5) is 4.03.